The summed E-state index contributed by atoms with van der Waals surface area (Å²) in [6, 6.07) is 6.58. The molecule has 2 N–H and O–H groups in total. The predicted molar refractivity (Wildman–Crippen MR) is 76.7 cm³/mol. The first kappa shape index (κ1) is 12.2. The van der Waals surface area contributed by atoms with Crippen LogP contribution in [0.15, 0.2) is 18.2 Å². The molecule has 0 bridgehead atoms. The van der Waals surface area contributed by atoms with Crippen LogP contribution in [0.3, 0.4) is 0 Å². The van der Waals surface area contributed by atoms with E-state index in [9.17, 15) is 4.79 Å². The quantitative estimate of drug-likeness (QED) is 0.888. The van der Waals surface area contributed by atoms with Crippen molar-refractivity contribution in [3.8, 4) is 5.75 Å². The average molecular weight is 272 g/mol. The van der Waals surface area contributed by atoms with Gasteiger partial charge in [-0.3, -0.25) is 4.79 Å². The summed E-state index contributed by atoms with van der Waals surface area (Å²) in [4.78, 5) is 11.4. The minimum absolute atomic E-state index is 0.0704. The monoisotopic (exact) mass is 272 g/mol. The van der Waals surface area contributed by atoms with Crippen LogP contribution in [-0.4, -0.2) is 19.6 Å². The first-order chi connectivity index (χ1) is 9.78. The third kappa shape index (κ3) is 1.82. The standard InChI is InChI=1S/C16H20N2O2/c1-17-16(15-10-3-2-4-11(10)15)9-5-6-13-12(7-9)18-14(19)8-20-13/h5-7,10-11,15-17H,2-4,8H2,1H3,(H,18,19). The Morgan fingerprint density at radius 2 is 2.15 bits per heavy atom. The highest BCUT2D eigenvalue weighted by atomic mass is 16.5. The summed E-state index contributed by atoms with van der Waals surface area (Å²) in [7, 11) is 2.03. The molecule has 1 heterocycles. The summed E-state index contributed by atoms with van der Waals surface area (Å²) in [6.45, 7) is 0.120. The van der Waals surface area contributed by atoms with Gasteiger partial charge in [-0.2, -0.15) is 0 Å². The van der Waals surface area contributed by atoms with Gasteiger partial charge in [-0.25, -0.2) is 0 Å². The number of amides is 1. The van der Waals surface area contributed by atoms with Gasteiger partial charge in [0.05, 0.1) is 5.69 Å². The van der Waals surface area contributed by atoms with Crippen LogP contribution in [0.4, 0.5) is 5.69 Å². The molecule has 4 rings (SSSR count). The van der Waals surface area contributed by atoms with Crippen LogP contribution in [-0.2, 0) is 4.79 Å². The van der Waals surface area contributed by atoms with Crippen molar-refractivity contribution >= 4 is 11.6 Å². The van der Waals surface area contributed by atoms with Crippen LogP contribution in [0.5, 0.6) is 5.75 Å². The number of nitrogens with one attached hydrogen (secondary N) is 2. The smallest absolute Gasteiger partial charge is 0.262 e. The molecule has 20 heavy (non-hydrogen) atoms. The van der Waals surface area contributed by atoms with Gasteiger partial charge >= 0.3 is 0 Å². The Labute approximate surface area is 118 Å². The molecule has 3 aliphatic rings. The second-order valence-electron chi connectivity index (χ2n) is 6.19. The van der Waals surface area contributed by atoms with E-state index in [1.165, 1.54) is 24.8 Å². The molecule has 2 fully saturated rings. The number of rotatable bonds is 3. The average Bonchev–Trinajstić information content (AvgIpc) is 2.92. The zero-order valence-corrected chi connectivity index (χ0v) is 11.7. The third-order valence-electron chi connectivity index (χ3n) is 5.16. The van der Waals surface area contributed by atoms with Crippen molar-refractivity contribution < 1.29 is 9.53 Å². The molecule has 4 heteroatoms. The summed E-state index contributed by atoms with van der Waals surface area (Å²) in [6.07, 6.45) is 4.17. The number of anilines is 1. The zero-order valence-electron chi connectivity index (χ0n) is 11.7. The molecule has 1 aromatic carbocycles. The van der Waals surface area contributed by atoms with E-state index in [4.69, 9.17) is 4.74 Å². The number of benzene rings is 1. The number of fused-ring (bicyclic) bond motifs is 2. The Bertz CT molecular complexity index is 547. The van der Waals surface area contributed by atoms with Crippen LogP contribution >= 0.6 is 0 Å². The number of hydrogen-bond donors (Lipinski definition) is 2. The molecule has 0 aromatic heterocycles. The van der Waals surface area contributed by atoms with Gasteiger partial charge in [0.25, 0.3) is 5.91 Å². The highest BCUT2D eigenvalue weighted by Crippen LogP contribution is 2.62. The lowest BCUT2D eigenvalue weighted by molar-refractivity contribution is -0.118. The Hall–Kier alpha value is -1.55. The highest BCUT2D eigenvalue weighted by Gasteiger charge is 2.55. The first-order valence-electron chi connectivity index (χ1n) is 7.52. The van der Waals surface area contributed by atoms with Gasteiger partial charge in [0.2, 0.25) is 0 Å². The maximum atomic E-state index is 11.4. The molecule has 0 spiro atoms. The Balaban J connectivity index is 1.61. The third-order valence-corrected chi connectivity index (χ3v) is 5.16. The molecule has 0 saturated heterocycles. The number of carbonyl (C=O) groups is 1. The molecule has 0 radical (unpaired) electrons. The Morgan fingerprint density at radius 3 is 2.90 bits per heavy atom. The normalized spacial score (nSPS) is 31.9. The van der Waals surface area contributed by atoms with Crippen molar-refractivity contribution in [3.63, 3.8) is 0 Å². The Morgan fingerprint density at radius 1 is 1.35 bits per heavy atom. The van der Waals surface area contributed by atoms with E-state index < -0.39 is 0 Å². The van der Waals surface area contributed by atoms with Crippen molar-refractivity contribution in [2.45, 2.75) is 25.3 Å². The molecule has 106 valence electrons. The molecular formula is C16H20N2O2. The van der Waals surface area contributed by atoms with Crippen LogP contribution in [0, 0.1) is 17.8 Å². The van der Waals surface area contributed by atoms with E-state index in [1.807, 2.05) is 13.1 Å². The van der Waals surface area contributed by atoms with Gasteiger partial charge in [-0.1, -0.05) is 12.5 Å². The van der Waals surface area contributed by atoms with Crippen LogP contribution < -0.4 is 15.4 Å². The van der Waals surface area contributed by atoms with Gasteiger partial charge in [-0.15, -0.1) is 0 Å². The summed E-state index contributed by atoms with van der Waals surface area (Å²) in [5.41, 5.74) is 2.07. The van der Waals surface area contributed by atoms with Gasteiger partial charge in [0, 0.05) is 6.04 Å². The van der Waals surface area contributed by atoms with Crippen molar-refractivity contribution in [3.05, 3.63) is 23.8 Å². The fourth-order valence-electron chi connectivity index (χ4n) is 4.25. The fourth-order valence-corrected chi connectivity index (χ4v) is 4.25. The summed E-state index contributed by atoms with van der Waals surface area (Å²) in [5.74, 6) is 3.30. The van der Waals surface area contributed by atoms with E-state index >= 15 is 0 Å². The van der Waals surface area contributed by atoms with Crippen molar-refractivity contribution in [1.82, 2.24) is 5.32 Å². The van der Waals surface area contributed by atoms with E-state index in [0.717, 1.165) is 29.2 Å². The van der Waals surface area contributed by atoms with Crippen LogP contribution in [0.1, 0.15) is 30.9 Å². The number of hydrogen-bond acceptors (Lipinski definition) is 3. The number of carbonyl (C=O) groups excluding carboxylic acids is 1. The van der Waals surface area contributed by atoms with Gasteiger partial charge in [0.1, 0.15) is 5.75 Å². The van der Waals surface area contributed by atoms with Gasteiger partial charge < -0.3 is 15.4 Å². The first-order valence-corrected chi connectivity index (χ1v) is 7.52. The van der Waals surface area contributed by atoms with E-state index in [1.54, 1.807) is 0 Å². The van der Waals surface area contributed by atoms with Crippen molar-refractivity contribution in [2.24, 2.45) is 17.8 Å². The second-order valence-corrected chi connectivity index (χ2v) is 6.19. The largest absolute Gasteiger partial charge is 0.482 e. The van der Waals surface area contributed by atoms with E-state index in [-0.39, 0.29) is 12.5 Å². The van der Waals surface area contributed by atoms with Crippen molar-refractivity contribution in [2.75, 3.05) is 19.0 Å². The van der Waals surface area contributed by atoms with Crippen molar-refractivity contribution in [1.29, 1.82) is 0 Å². The minimum Gasteiger partial charge on any atom is -0.482 e. The highest BCUT2D eigenvalue weighted by molar-refractivity contribution is 5.95. The van der Waals surface area contributed by atoms with Crippen LogP contribution in [0.25, 0.3) is 0 Å². The molecule has 1 aliphatic heterocycles. The Kier molecular flexibility index (Phi) is 2.74. The van der Waals surface area contributed by atoms with Gasteiger partial charge in [0.15, 0.2) is 6.61 Å². The summed E-state index contributed by atoms with van der Waals surface area (Å²) < 4.78 is 5.42. The number of ether oxygens (including phenoxy) is 1. The lowest BCUT2D eigenvalue weighted by Crippen LogP contribution is -2.26. The molecule has 3 unspecified atom stereocenters. The molecule has 2 saturated carbocycles. The summed E-state index contributed by atoms with van der Waals surface area (Å²) in [5, 5.41) is 6.37. The second kappa shape index (κ2) is 4.48. The van der Waals surface area contributed by atoms with E-state index in [2.05, 4.69) is 22.8 Å². The predicted octanol–water partition coefficient (Wildman–Crippen LogP) is 2.32. The molecule has 4 nitrogen and oxygen atoms in total. The van der Waals surface area contributed by atoms with E-state index in [0.29, 0.717) is 6.04 Å². The molecule has 1 amide bonds. The summed E-state index contributed by atoms with van der Waals surface area (Å²) >= 11 is 0. The maximum Gasteiger partial charge on any atom is 0.262 e. The maximum absolute atomic E-state index is 11.4. The molecular weight excluding hydrogens is 252 g/mol. The molecule has 3 atom stereocenters. The minimum atomic E-state index is -0.0704. The zero-order chi connectivity index (χ0) is 13.7. The lowest BCUT2D eigenvalue weighted by atomic mass is 9.96. The molecule has 1 aromatic rings. The topological polar surface area (TPSA) is 50.4 Å². The van der Waals surface area contributed by atoms with Crippen LogP contribution in [0.2, 0.25) is 0 Å². The van der Waals surface area contributed by atoms with Gasteiger partial charge in [-0.05, 0) is 55.3 Å². The fraction of sp³-hybridized carbons (Fsp3) is 0.562. The lowest BCUT2D eigenvalue weighted by Gasteiger charge is -2.23. The SMILES string of the molecule is CNC(c1ccc2c(c1)NC(=O)CO2)C1C2CCCC21. The molecule has 2 aliphatic carbocycles.